The van der Waals surface area contributed by atoms with Crippen molar-refractivity contribution in [2.75, 3.05) is 0 Å². The van der Waals surface area contributed by atoms with Crippen LogP contribution in [-0.2, 0) is 0 Å². The molecule has 0 saturated heterocycles. The van der Waals surface area contributed by atoms with Gasteiger partial charge in [0.1, 0.15) is 22.3 Å². The van der Waals surface area contributed by atoms with E-state index < -0.39 is 0 Å². The molecule has 6 aromatic carbocycles. The van der Waals surface area contributed by atoms with E-state index in [2.05, 4.69) is 78.9 Å². The lowest BCUT2D eigenvalue weighted by Gasteiger charge is -2.09. The van der Waals surface area contributed by atoms with Crippen LogP contribution in [0.3, 0.4) is 0 Å². The van der Waals surface area contributed by atoms with E-state index in [9.17, 15) is 0 Å². The van der Waals surface area contributed by atoms with E-state index in [-0.39, 0.29) is 0 Å². The number of benzene rings is 6. The van der Waals surface area contributed by atoms with Crippen LogP contribution in [0.2, 0.25) is 0 Å². The number of thiophene rings is 1. The maximum Gasteiger partial charge on any atom is 0.164 e. The van der Waals surface area contributed by atoms with Crippen LogP contribution >= 0.6 is 11.3 Å². The Kier molecular flexibility index (Phi) is 5.09. The average molecular weight is 596 g/mol. The Morgan fingerprint density at radius 1 is 0.356 bits per heavy atom. The third-order valence-corrected chi connectivity index (χ3v) is 9.70. The molecule has 0 aliphatic heterocycles. The molecule has 0 atom stereocenters. The van der Waals surface area contributed by atoms with Crippen molar-refractivity contribution in [3.05, 3.63) is 127 Å². The summed E-state index contributed by atoms with van der Waals surface area (Å²) < 4.78 is 14.9. The average Bonchev–Trinajstić information content (AvgIpc) is 3.78. The molecule has 0 radical (unpaired) electrons. The van der Waals surface area contributed by atoms with Crippen LogP contribution in [0.25, 0.3) is 98.2 Å². The number of aromatic nitrogens is 3. The first-order valence-corrected chi connectivity index (χ1v) is 15.6. The molecule has 45 heavy (non-hydrogen) atoms. The van der Waals surface area contributed by atoms with Crippen molar-refractivity contribution in [1.29, 1.82) is 0 Å². The number of rotatable bonds is 3. The summed E-state index contributed by atoms with van der Waals surface area (Å²) in [5.74, 6) is 1.77. The van der Waals surface area contributed by atoms with Crippen LogP contribution in [0.5, 0.6) is 0 Å². The third-order valence-electron chi connectivity index (χ3n) is 8.54. The van der Waals surface area contributed by atoms with Crippen molar-refractivity contribution >= 4 is 75.4 Å². The van der Waals surface area contributed by atoms with Gasteiger partial charge in [-0.1, -0.05) is 66.7 Å². The fraction of sp³-hybridized carbons (Fsp3) is 0. The van der Waals surface area contributed by atoms with Gasteiger partial charge in [0.05, 0.1) is 0 Å². The first kappa shape index (κ1) is 24.6. The molecular weight excluding hydrogens is 575 g/mol. The van der Waals surface area contributed by atoms with E-state index in [4.69, 9.17) is 23.8 Å². The van der Waals surface area contributed by atoms with E-state index in [1.54, 1.807) is 11.3 Å². The highest BCUT2D eigenvalue weighted by atomic mass is 32.1. The molecule has 4 aromatic heterocycles. The molecule has 5 nitrogen and oxygen atoms in total. The number of hydrogen-bond donors (Lipinski definition) is 0. The Labute approximate surface area is 260 Å². The number of hydrogen-bond acceptors (Lipinski definition) is 6. The first-order chi connectivity index (χ1) is 22.2. The van der Waals surface area contributed by atoms with E-state index in [1.165, 1.54) is 20.2 Å². The van der Waals surface area contributed by atoms with Gasteiger partial charge in [0.25, 0.3) is 0 Å². The van der Waals surface area contributed by atoms with Gasteiger partial charge in [-0.3, -0.25) is 0 Å². The SMILES string of the molecule is c1ccc2c(c1)oc1cc(-c3nc(-c4ccc5c(c4)oc4ccccc45)nc(-c4ccc5sc6ccccc6c5c4)n3)ccc12. The van der Waals surface area contributed by atoms with Crippen LogP contribution in [0.15, 0.2) is 136 Å². The molecule has 0 aliphatic carbocycles. The molecular formula is C39H21N3O2S. The van der Waals surface area contributed by atoms with Crippen LogP contribution in [0, 0.1) is 0 Å². The number of furan rings is 2. The van der Waals surface area contributed by atoms with Gasteiger partial charge in [0.2, 0.25) is 0 Å². The van der Waals surface area contributed by atoms with E-state index >= 15 is 0 Å². The second-order valence-corrected chi connectivity index (χ2v) is 12.3. The number of fused-ring (bicyclic) bond motifs is 9. The molecule has 0 N–H and O–H groups in total. The Hall–Kier alpha value is -5.85. The Balaban J connectivity index is 1.19. The van der Waals surface area contributed by atoms with Crippen molar-refractivity contribution in [1.82, 2.24) is 15.0 Å². The molecule has 0 amide bonds. The molecule has 210 valence electrons. The zero-order chi connectivity index (χ0) is 29.5. The molecule has 10 aromatic rings. The predicted molar refractivity (Wildman–Crippen MR) is 184 cm³/mol. The first-order valence-electron chi connectivity index (χ1n) is 14.8. The lowest BCUT2D eigenvalue weighted by Crippen LogP contribution is -2.00. The number of para-hydroxylation sites is 2. The Morgan fingerprint density at radius 3 is 1.40 bits per heavy atom. The van der Waals surface area contributed by atoms with Gasteiger partial charge in [-0.25, -0.2) is 15.0 Å². The van der Waals surface area contributed by atoms with E-state index in [1.807, 2.05) is 48.5 Å². The molecule has 6 heteroatoms. The van der Waals surface area contributed by atoms with Crippen molar-refractivity contribution in [3.8, 4) is 34.2 Å². The van der Waals surface area contributed by atoms with Gasteiger partial charge < -0.3 is 8.83 Å². The van der Waals surface area contributed by atoms with Crippen molar-refractivity contribution < 1.29 is 8.83 Å². The Morgan fingerprint density at radius 2 is 0.800 bits per heavy atom. The van der Waals surface area contributed by atoms with Crippen LogP contribution in [0.1, 0.15) is 0 Å². The Bertz CT molecular complexity index is 2660. The lowest BCUT2D eigenvalue weighted by molar-refractivity contribution is 0.668. The molecule has 0 saturated carbocycles. The zero-order valence-corrected chi connectivity index (χ0v) is 24.5. The van der Waals surface area contributed by atoms with Crippen LogP contribution < -0.4 is 0 Å². The fourth-order valence-electron chi connectivity index (χ4n) is 6.36. The largest absolute Gasteiger partial charge is 0.456 e. The highest BCUT2D eigenvalue weighted by Crippen LogP contribution is 2.38. The van der Waals surface area contributed by atoms with Gasteiger partial charge in [0.15, 0.2) is 17.5 Å². The summed E-state index contributed by atoms with van der Waals surface area (Å²) in [5, 5.41) is 6.74. The van der Waals surface area contributed by atoms with Crippen LogP contribution in [0.4, 0.5) is 0 Å². The summed E-state index contributed by atoms with van der Waals surface area (Å²) in [6.07, 6.45) is 0. The third kappa shape index (κ3) is 3.83. The molecule has 10 rings (SSSR count). The minimum Gasteiger partial charge on any atom is -0.456 e. The fourth-order valence-corrected chi connectivity index (χ4v) is 7.44. The predicted octanol–water partition coefficient (Wildman–Crippen LogP) is 11.0. The monoisotopic (exact) mass is 595 g/mol. The summed E-state index contributed by atoms with van der Waals surface area (Å²) >= 11 is 1.80. The molecule has 4 heterocycles. The van der Waals surface area contributed by atoms with Gasteiger partial charge in [0, 0.05) is 58.4 Å². The highest BCUT2D eigenvalue weighted by Gasteiger charge is 2.17. The molecule has 0 spiro atoms. The summed E-state index contributed by atoms with van der Waals surface area (Å²) in [6, 6.07) is 43.5. The second kappa shape index (κ2) is 9.32. The quantitative estimate of drug-likeness (QED) is 0.203. The van der Waals surface area contributed by atoms with E-state index in [0.29, 0.717) is 17.5 Å². The molecule has 0 fully saturated rings. The molecule has 0 unspecified atom stereocenters. The maximum atomic E-state index is 6.22. The van der Waals surface area contributed by atoms with Gasteiger partial charge >= 0.3 is 0 Å². The smallest absolute Gasteiger partial charge is 0.164 e. The minimum atomic E-state index is 0.581. The zero-order valence-electron chi connectivity index (χ0n) is 23.7. The maximum absolute atomic E-state index is 6.22. The summed E-state index contributed by atoms with van der Waals surface area (Å²) in [6.45, 7) is 0. The summed E-state index contributed by atoms with van der Waals surface area (Å²) in [7, 11) is 0. The van der Waals surface area contributed by atoms with Crippen molar-refractivity contribution in [2.45, 2.75) is 0 Å². The second-order valence-electron chi connectivity index (χ2n) is 11.2. The summed E-state index contributed by atoms with van der Waals surface area (Å²) in [5.41, 5.74) is 5.97. The number of nitrogens with zero attached hydrogens (tertiary/aromatic N) is 3. The molecule has 0 bridgehead atoms. The minimum absolute atomic E-state index is 0.581. The summed E-state index contributed by atoms with van der Waals surface area (Å²) in [4.78, 5) is 15.1. The van der Waals surface area contributed by atoms with Gasteiger partial charge in [-0.05, 0) is 60.7 Å². The van der Waals surface area contributed by atoms with Crippen LogP contribution in [-0.4, -0.2) is 15.0 Å². The van der Waals surface area contributed by atoms with Crippen molar-refractivity contribution in [3.63, 3.8) is 0 Å². The lowest BCUT2D eigenvalue weighted by atomic mass is 10.1. The topological polar surface area (TPSA) is 65.0 Å². The normalized spacial score (nSPS) is 12.0. The van der Waals surface area contributed by atoms with Gasteiger partial charge in [-0.2, -0.15) is 0 Å². The highest BCUT2D eigenvalue weighted by molar-refractivity contribution is 7.25. The van der Waals surface area contributed by atoms with Crippen molar-refractivity contribution in [2.24, 2.45) is 0 Å². The van der Waals surface area contributed by atoms with Gasteiger partial charge in [-0.15, -0.1) is 11.3 Å². The van der Waals surface area contributed by atoms with E-state index in [0.717, 1.165) is 60.6 Å². The standard InChI is InChI=1S/C39H21N3O2S/c1-4-10-31-25(7-1)27-16-13-23(20-33(27)43-31)38-40-37(22-15-18-36-30(19-22)29-9-3-6-12-35(29)45-36)41-39(42-38)24-14-17-28-26-8-2-5-11-32(26)44-34(28)21-24/h1-21H. The molecule has 0 aliphatic rings.